The highest BCUT2D eigenvalue weighted by molar-refractivity contribution is 6.29. The zero-order valence-electron chi connectivity index (χ0n) is 14.6. The molecule has 1 saturated heterocycles. The van der Waals surface area contributed by atoms with E-state index in [1.54, 1.807) is 24.3 Å². The largest absolute Gasteiger partial charge is 0.485 e. The van der Waals surface area contributed by atoms with Crippen LogP contribution >= 0.6 is 11.6 Å². The number of para-hydroxylation sites is 1. The number of nitrogens with zero attached hydrogens (tertiary/aromatic N) is 1. The minimum atomic E-state index is -0.367. The molecular weight excluding hydrogens is 367 g/mol. The Morgan fingerprint density at radius 1 is 1.26 bits per heavy atom. The van der Waals surface area contributed by atoms with Gasteiger partial charge in [0.1, 0.15) is 12.2 Å². The van der Waals surface area contributed by atoms with Gasteiger partial charge in [-0.15, -0.1) is 0 Å². The highest BCUT2D eigenvalue weighted by Crippen LogP contribution is 2.36. The molecule has 6 heteroatoms. The van der Waals surface area contributed by atoms with Crippen LogP contribution in [0.1, 0.15) is 35.4 Å². The van der Waals surface area contributed by atoms with E-state index >= 15 is 0 Å². The predicted molar refractivity (Wildman–Crippen MR) is 102 cm³/mol. The molecule has 138 valence electrons. The summed E-state index contributed by atoms with van der Waals surface area (Å²) in [7, 11) is 0. The van der Waals surface area contributed by atoms with E-state index in [1.165, 1.54) is 6.07 Å². The lowest BCUT2D eigenvalue weighted by atomic mass is 9.89. The van der Waals surface area contributed by atoms with E-state index in [0.29, 0.717) is 22.3 Å². The van der Waals surface area contributed by atoms with Gasteiger partial charge in [0.05, 0.1) is 11.6 Å². The first-order chi connectivity index (χ1) is 13.2. The molecule has 0 saturated carbocycles. The summed E-state index contributed by atoms with van der Waals surface area (Å²) in [4.78, 5) is 0. The number of halogens is 2. The molecule has 1 N–H and O–H groups in total. The summed E-state index contributed by atoms with van der Waals surface area (Å²) in [5, 5.41) is 13.4. The zero-order chi connectivity index (χ0) is 18.8. The summed E-state index contributed by atoms with van der Waals surface area (Å²) in [5.74, 6) is 0.198. The van der Waals surface area contributed by atoms with Crippen molar-refractivity contribution in [3.05, 3.63) is 64.1 Å². The smallest absolute Gasteiger partial charge is 0.194 e. The topological polar surface area (TPSA) is 58.2 Å². The summed E-state index contributed by atoms with van der Waals surface area (Å²) in [5.41, 5.74) is 2.60. The highest BCUT2D eigenvalue weighted by Gasteiger charge is 2.22. The maximum atomic E-state index is 14.5. The number of rotatable bonds is 4. The van der Waals surface area contributed by atoms with Crippen LogP contribution < -0.4 is 10.1 Å². The van der Waals surface area contributed by atoms with Gasteiger partial charge in [-0.1, -0.05) is 18.2 Å². The fourth-order valence-electron chi connectivity index (χ4n) is 3.64. The van der Waals surface area contributed by atoms with Gasteiger partial charge in [-0.2, -0.15) is 5.26 Å². The number of furan rings is 1. The maximum Gasteiger partial charge on any atom is 0.194 e. The number of benzene rings is 2. The molecule has 4 rings (SSSR count). The van der Waals surface area contributed by atoms with Crippen molar-refractivity contribution >= 4 is 22.6 Å². The van der Waals surface area contributed by atoms with Crippen LogP contribution in [0.25, 0.3) is 11.0 Å². The van der Waals surface area contributed by atoms with E-state index < -0.39 is 0 Å². The van der Waals surface area contributed by atoms with Crippen molar-refractivity contribution in [2.75, 3.05) is 13.1 Å². The Labute approximate surface area is 161 Å². The standard InChI is InChI=1S/C21H18ClFN2O2/c22-19-10-17-14(11-24)4-5-15(20(17)27-19)12-26-21-16(2-1-3-18(21)23)13-6-8-25-9-7-13/h1-5,10,13,25H,6-9,12H2. The van der Waals surface area contributed by atoms with Gasteiger partial charge in [0.15, 0.2) is 16.8 Å². The Morgan fingerprint density at radius 2 is 2.07 bits per heavy atom. The lowest BCUT2D eigenvalue weighted by Gasteiger charge is -2.25. The lowest BCUT2D eigenvalue weighted by molar-refractivity contribution is 0.282. The molecule has 3 aromatic rings. The maximum absolute atomic E-state index is 14.5. The third-order valence-electron chi connectivity index (χ3n) is 5.00. The quantitative estimate of drug-likeness (QED) is 0.676. The van der Waals surface area contributed by atoms with Crippen LogP contribution in [0.3, 0.4) is 0 Å². The number of hydrogen-bond donors (Lipinski definition) is 1. The Kier molecular flexibility index (Phi) is 5.02. The molecule has 0 bridgehead atoms. The third-order valence-corrected chi connectivity index (χ3v) is 5.19. The molecule has 1 fully saturated rings. The number of piperidine rings is 1. The molecule has 0 unspecified atom stereocenters. The van der Waals surface area contributed by atoms with E-state index in [9.17, 15) is 9.65 Å². The zero-order valence-corrected chi connectivity index (χ0v) is 15.4. The Balaban J connectivity index is 1.65. The van der Waals surface area contributed by atoms with Crippen LogP contribution in [-0.2, 0) is 6.61 Å². The number of nitriles is 1. The number of hydrogen-bond acceptors (Lipinski definition) is 4. The van der Waals surface area contributed by atoms with Crippen LogP contribution in [0.15, 0.2) is 40.8 Å². The van der Waals surface area contributed by atoms with Crippen molar-refractivity contribution in [3.8, 4) is 11.8 Å². The van der Waals surface area contributed by atoms with Crippen LogP contribution in [0.2, 0.25) is 5.22 Å². The van der Waals surface area contributed by atoms with Gasteiger partial charge in [-0.3, -0.25) is 0 Å². The Hall–Kier alpha value is -2.55. The molecule has 0 amide bonds. The van der Waals surface area contributed by atoms with Gasteiger partial charge in [0.25, 0.3) is 0 Å². The number of fused-ring (bicyclic) bond motifs is 1. The monoisotopic (exact) mass is 384 g/mol. The second kappa shape index (κ2) is 7.59. The first kappa shape index (κ1) is 17.8. The molecule has 1 aliphatic rings. The molecule has 1 aromatic heterocycles. The molecule has 0 radical (unpaired) electrons. The van der Waals surface area contributed by atoms with Gasteiger partial charge < -0.3 is 14.5 Å². The van der Waals surface area contributed by atoms with Gasteiger partial charge in [-0.25, -0.2) is 4.39 Å². The van der Waals surface area contributed by atoms with Gasteiger partial charge in [-0.05, 0) is 55.6 Å². The average Bonchev–Trinajstić information content (AvgIpc) is 3.09. The summed E-state index contributed by atoms with van der Waals surface area (Å²) >= 11 is 5.97. The second-order valence-electron chi connectivity index (χ2n) is 6.65. The van der Waals surface area contributed by atoms with Crippen molar-refractivity contribution in [2.45, 2.75) is 25.4 Å². The van der Waals surface area contributed by atoms with Gasteiger partial charge >= 0.3 is 0 Å². The van der Waals surface area contributed by atoms with Crippen molar-refractivity contribution in [2.24, 2.45) is 0 Å². The molecule has 2 heterocycles. The van der Waals surface area contributed by atoms with Gasteiger partial charge in [0, 0.05) is 22.6 Å². The van der Waals surface area contributed by atoms with Crippen LogP contribution in [0, 0.1) is 17.1 Å². The number of ether oxygens (including phenoxy) is 1. The molecule has 1 aliphatic heterocycles. The molecule has 0 spiro atoms. The summed E-state index contributed by atoms with van der Waals surface area (Å²) in [6, 6.07) is 12.3. The van der Waals surface area contributed by atoms with Crippen molar-refractivity contribution in [1.82, 2.24) is 5.32 Å². The van der Waals surface area contributed by atoms with E-state index in [0.717, 1.165) is 37.1 Å². The fraction of sp³-hybridized carbons (Fsp3) is 0.286. The minimum absolute atomic E-state index is 0.130. The van der Waals surface area contributed by atoms with Crippen molar-refractivity contribution < 1.29 is 13.5 Å². The summed E-state index contributed by atoms with van der Waals surface area (Å²) in [6.45, 7) is 1.97. The van der Waals surface area contributed by atoms with E-state index in [1.807, 2.05) is 6.07 Å². The molecular formula is C21H18ClFN2O2. The van der Waals surface area contributed by atoms with E-state index in [2.05, 4.69) is 11.4 Å². The summed E-state index contributed by atoms with van der Waals surface area (Å²) in [6.07, 6.45) is 1.91. The number of nitrogens with one attached hydrogen (secondary N) is 1. The second-order valence-corrected chi connectivity index (χ2v) is 7.02. The van der Waals surface area contributed by atoms with Crippen molar-refractivity contribution in [3.63, 3.8) is 0 Å². The fourth-order valence-corrected chi connectivity index (χ4v) is 3.83. The Morgan fingerprint density at radius 3 is 2.85 bits per heavy atom. The normalized spacial score (nSPS) is 15.0. The van der Waals surface area contributed by atoms with Crippen LogP contribution in [0.5, 0.6) is 5.75 Å². The first-order valence-corrected chi connectivity index (χ1v) is 9.28. The van der Waals surface area contributed by atoms with Crippen LogP contribution in [0.4, 0.5) is 4.39 Å². The Bertz CT molecular complexity index is 1020. The van der Waals surface area contributed by atoms with E-state index in [-0.39, 0.29) is 23.6 Å². The molecule has 0 aliphatic carbocycles. The predicted octanol–water partition coefficient (Wildman–Crippen LogP) is 5.14. The van der Waals surface area contributed by atoms with E-state index in [4.69, 9.17) is 20.8 Å². The van der Waals surface area contributed by atoms with Crippen LogP contribution in [-0.4, -0.2) is 13.1 Å². The molecule has 2 aromatic carbocycles. The average molecular weight is 385 g/mol. The molecule has 27 heavy (non-hydrogen) atoms. The van der Waals surface area contributed by atoms with Gasteiger partial charge in [0.2, 0.25) is 0 Å². The minimum Gasteiger partial charge on any atom is -0.485 e. The third kappa shape index (κ3) is 3.51. The van der Waals surface area contributed by atoms with Crippen molar-refractivity contribution in [1.29, 1.82) is 5.26 Å². The summed E-state index contributed by atoms with van der Waals surface area (Å²) < 4.78 is 26.0. The molecule has 4 nitrogen and oxygen atoms in total. The highest BCUT2D eigenvalue weighted by atomic mass is 35.5. The SMILES string of the molecule is N#Cc1ccc(COc2c(F)cccc2C2CCNCC2)c2oc(Cl)cc12. The lowest BCUT2D eigenvalue weighted by Crippen LogP contribution is -2.27. The molecule has 0 atom stereocenters. The first-order valence-electron chi connectivity index (χ1n) is 8.90.